The van der Waals surface area contributed by atoms with Gasteiger partial charge in [0, 0.05) is 4.47 Å². The number of rotatable bonds is 4. The average molecular weight is 313 g/mol. The molecule has 1 aromatic heterocycles. The van der Waals surface area contributed by atoms with Crippen molar-refractivity contribution in [3.63, 3.8) is 0 Å². The fourth-order valence-corrected chi connectivity index (χ4v) is 2.19. The van der Waals surface area contributed by atoms with E-state index in [1.165, 1.54) is 18.7 Å². The number of hydrogen-bond acceptors (Lipinski definition) is 5. The van der Waals surface area contributed by atoms with Crippen LogP contribution in [0.15, 0.2) is 38.4 Å². The van der Waals surface area contributed by atoms with E-state index in [9.17, 15) is 4.79 Å². The zero-order chi connectivity index (χ0) is 12.3. The molecule has 0 bridgehead atoms. The molecule has 6 heteroatoms. The molecule has 88 valence electrons. The number of ketones is 1. The highest BCUT2D eigenvalue weighted by Crippen LogP contribution is 2.28. The highest BCUT2D eigenvalue weighted by Gasteiger charge is 2.11. The van der Waals surface area contributed by atoms with Gasteiger partial charge in [-0.2, -0.15) is 0 Å². The standard InChI is InChI=1S/C11H9BrN2O2S/c1-7(15)6-17-11-14-13-10(16-11)8-4-2-3-5-9(8)12/h2-5H,6H2,1H3. The minimum Gasteiger partial charge on any atom is -0.411 e. The number of hydrogen-bond donors (Lipinski definition) is 0. The number of carbonyl (C=O) groups is 1. The van der Waals surface area contributed by atoms with Crippen molar-refractivity contribution in [3.05, 3.63) is 28.7 Å². The predicted molar refractivity (Wildman–Crippen MR) is 68.8 cm³/mol. The predicted octanol–water partition coefficient (Wildman–Crippen LogP) is 3.18. The van der Waals surface area contributed by atoms with Crippen LogP contribution in [0.1, 0.15) is 6.92 Å². The number of carbonyl (C=O) groups excluding carboxylic acids is 1. The fraction of sp³-hybridized carbons (Fsp3) is 0.182. The van der Waals surface area contributed by atoms with E-state index in [0.717, 1.165) is 10.0 Å². The second kappa shape index (κ2) is 5.46. The van der Waals surface area contributed by atoms with Crippen molar-refractivity contribution in [2.45, 2.75) is 12.1 Å². The molecular weight excluding hydrogens is 304 g/mol. The first-order chi connectivity index (χ1) is 8.16. The van der Waals surface area contributed by atoms with Gasteiger partial charge in [-0.05, 0) is 35.0 Å². The molecule has 0 aliphatic rings. The minimum absolute atomic E-state index is 0.0793. The summed E-state index contributed by atoms with van der Waals surface area (Å²) >= 11 is 4.66. The Balaban J connectivity index is 2.18. The van der Waals surface area contributed by atoms with Crippen molar-refractivity contribution in [3.8, 4) is 11.5 Å². The Morgan fingerprint density at radius 2 is 2.18 bits per heavy atom. The maximum Gasteiger partial charge on any atom is 0.277 e. The summed E-state index contributed by atoms with van der Waals surface area (Å²) in [5.74, 6) is 0.872. The van der Waals surface area contributed by atoms with Gasteiger partial charge in [-0.1, -0.05) is 23.9 Å². The lowest BCUT2D eigenvalue weighted by Gasteiger charge is -1.96. The van der Waals surface area contributed by atoms with Gasteiger partial charge in [0.25, 0.3) is 5.22 Å². The zero-order valence-corrected chi connectivity index (χ0v) is 11.4. The molecule has 0 saturated carbocycles. The van der Waals surface area contributed by atoms with E-state index >= 15 is 0 Å². The average Bonchev–Trinajstić information content (AvgIpc) is 2.75. The van der Waals surface area contributed by atoms with Crippen LogP contribution in [0.3, 0.4) is 0 Å². The number of aromatic nitrogens is 2. The lowest BCUT2D eigenvalue weighted by atomic mass is 10.2. The molecule has 1 heterocycles. The normalized spacial score (nSPS) is 10.5. The number of thioether (sulfide) groups is 1. The molecule has 0 N–H and O–H groups in total. The van der Waals surface area contributed by atoms with Crippen LogP contribution in [0.4, 0.5) is 0 Å². The lowest BCUT2D eigenvalue weighted by Crippen LogP contribution is -1.92. The Bertz CT molecular complexity index is 542. The van der Waals surface area contributed by atoms with Gasteiger partial charge in [-0.3, -0.25) is 4.79 Å². The Morgan fingerprint density at radius 1 is 1.41 bits per heavy atom. The summed E-state index contributed by atoms with van der Waals surface area (Å²) in [6.45, 7) is 1.53. The largest absolute Gasteiger partial charge is 0.411 e. The summed E-state index contributed by atoms with van der Waals surface area (Å²) in [5.41, 5.74) is 0.842. The van der Waals surface area contributed by atoms with Gasteiger partial charge in [-0.25, -0.2) is 0 Å². The molecule has 0 atom stereocenters. The summed E-state index contributed by atoms with van der Waals surface area (Å²) in [4.78, 5) is 10.8. The molecule has 2 aromatic rings. The summed E-state index contributed by atoms with van der Waals surface area (Å²) in [6, 6.07) is 7.60. The maximum atomic E-state index is 10.8. The van der Waals surface area contributed by atoms with E-state index in [1.807, 2.05) is 24.3 Å². The van der Waals surface area contributed by atoms with Gasteiger partial charge >= 0.3 is 0 Å². The third-order valence-corrected chi connectivity index (χ3v) is 3.56. The van der Waals surface area contributed by atoms with Crippen LogP contribution in [0.5, 0.6) is 0 Å². The smallest absolute Gasteiger partial charge is 0.277 e. The molecular formula is C11H9BrN2O2S. The lowest BCUT2D eigenvalue weighted by molar-refractivity contribution is -0.114. The first kappa shape index (κ1) is 12.3. The van der Waals surface area contributed by atoms with Crippen molar-refractivity contribution in [2.75, 3.05) is 5.75 Å². The van der Waals surface area contributed by atoms with Gasteiger partial charge in [0.05, 0.1) is 11.3 Å². The number of Topliss-reactive ketones (excluding diaryl/α,β-unsaturated/α-hetero) is 1. The summed E-state index contributed by atoms with van der Waals surface area (Å²) < 4.78 is 6.35. The molecule has 0 aliphatic carbocycles. The quantitative estimate of drug-likeness (QED) is 0.812. The summed E-state index contributed by atoms with van der Waals surface area (Å²) in [6.07, 6.45) is 0. The first-order valence-electron chi connectivity index (χ1n) is 4.87. The molecule has 0 saturated heterocycles. The van der Waals surface area contributed by atoms with Crippen LogP contribution in [0, 0.1) is 0 Å². The monoisotopic (exact) mass is 312 g/mol. The van der Waals surface area contributed by atoms with Crippen molar-refractivity contribution in [1.29, 1.82) is 0 Å². The highest BCUT2D eigenvalue weighted by atomic mass is 79.9. The van der Waals surface area contributed by atoms with E-state index in [1.54, 1.807) is 0 Å². The molecule has 0 radical (unpaired) electrons. The molecule has 4 nitrogen and oxygen atoms in total. The van der Waals surface area contributed by atoms with Crippen LogP contribution in [-0.4, -0.2) is 21.7 Å². The topological polar surface area (TPSA) is 56.0 Å². The third kappa shape index (κ3) is 3.17. The molecule has 0 spiro atoms. The van der Waals surface area contributed by atoms with E-state index in [2.05, 4.69) is 26.1 Å². The number of nitrogens with zero attached hydrogens (tertiary/aromatic N) is 2. The van der Waals surface area contributed by atoms with E-state index in [-0.39, 0.29) is 5.78 Å². The van der Waals surface area contributed by atoms with Crippen LogP contribution >= 0.6 is 27.7 Å². The van der Waals surface area contributed by atoms with E-state index in [4.69, 9.17) is 4.42 Å². The van der Waals surface area contributed by atoms with Crippen molar-refractivity contribution in [2.24, 2.45) is 0 Å². The molecule has 0 unspecified atom stereocenters. The van der Waals surface area contributed by atoms with Gasteiger partial charge in [0.1, 0.15) is 5.78 Å². The minimum atomic E-state index is 0.0793. The molecule has 1 aromatic carbocycles. The van der Waals surface area contributed by atoms with Crippen LogP contribution < -0.4 is 0 Å². The highest BCUT2D eigenvalue weighted by molar-refractivity contribution is 9.10. The Hall–Kier alpha value is -1.14. The Labute approximate surface area is 111 Å². The summed E-state index contributed by atoms with van der Waals surface area (Å²) in [7, 11) is 0. The van der Waals surface area contributed by atoms with Gasteiger partial charge < -0.3 is 4.42 Å². The molecule has 0 aliphatic heterocycles. The second-order valence-electron chi connectivity index (χ2n) is 3.34. The van der Waals surface area contributed by atoms with Crippen molar-refractivity contribution < 1.29 is 9.21 Å². The van der Waals surface area contributed by atoms with Crippen LogP contribution in [-0.2, 0) is 4.79 Å². The van der Waals surface area contributed by atoms with Crippen LogP contribution in [0.25, 0.3) is 11.5 Å². The van der Waals surface area contributed by atoms with E-state index < -0.39 is 0 Å². The van der Waals surface area contributed by atoms with Gasteiger partial charge in [0.15, 0.2) is 0 Å². The Morgan fingerprint density at radius 3 is 2.88 bits per heavy atom. The number of halogens is 1. The first-order valence-corrected chi connectivity index (χ1v) is 6.65. The third-order valence-electron chi connectivity index (χ3n) is 1.91. The van der Waals surface area contributed by atoms with E-state index in [0.29, 0.717) is 16.9 Å². The van der Waals surface area contributed by atoms with Crippen molar-refractivity contribution in [1.82, 2.24) is 10.2 Å². The SMILES string of the molecule is CC(=O)CSc1nnc(-c2ccccc2Br)o1. The molecule has 2 rings (SSSR count). The zero-order valence-electron chi connectivity index (χ0n) is 9.01. The van der Waals surface area contributed by atoms with Gasteiger partial charge in [-0.15, -0.1) is 10.2 Å². The number of benzene rings is 1. The summed E-state index contributed by atoms with van der Waals surface area (Å²) in [5, 5.41) is 8.23. The molecule has 17 heavy (non-hydrogen) atoms. The van der Waals surface area contributed by atoms with Crippen molar-refractivity contribution >= 4 is 33.5 Å². The maximum absolute atomic E-state index is 10.8. The molecule has 0 amide bonds. The van der Waals surface area contributed by atoms with Gasteiger partial charge in [0.2, 0.25) is 5.89 Å². The second-order valence-corrected chi connectivity index (χ2v) is 5.12. The van der Waals surface area contributed by atoms with Crippen LogP contribution in [0.2, 0.25) is 0 Å². The molecule has 0 fully saturated rings. The fourth-order valence-electron chi connectivity index (χ4n) is 1.17. The Kier molecular flexibility index (Phi) is 3.96.